The summed E-state index contributed by atoms with van der Waals surface area (Å²) in [5, 5.41) is 1.87. The van der Waals surface area contributed by atoms with Gasteiger partial charge in [0.05, 0.1) is 36.3 Å². The zero-order chi connectivity index (χ0) is 26.5. The van der Waals surface area contributed by atoms with Gasteiger partial charge < -0.3 is 10.1 Å². The van der Waals surface area contributed by atoms with Gasteiger partial charge in [-0.3, -0.25) is 14.6 Å². The second-order valence-electron chi connectivity index (χ2n) is 8.56. The maximum atomic E-state index is 13.5. The van der Waals surface area contributed by atoms with Crippen LogP contribution in [0.1, 0.15) is 40.0 Å². The lowest BCUT2D eigenvalue weighted by Crippen LogP contribution is -2.20. The number of hydrogen-bond acceptors (Lipinski definition) is 5. The second-order valence-corrected chi connectivity index (χ2v) is 11.4. The number of nitrogens with one attached hydrogen (secondary N) is 2. The zero-order valence-corrected chi connectivity index (χ0v) is 20.6. The molecule has 1 aliphatic carbocycles. The number of anilines is 1. The van der Waals surface area contributed by atoms with Crippen LogP contribution in [0.3, 0.4) is 0 Å². The minimum atomic E-state index is -4.82. The molecular weight excluding hydrogens is 522 g/mol. The van der Waals surface area contributed by atoms with Crippen LogP contribution in [0.5, 0.6) is 11.5 Å². The third kappa shape index (κ3) is 5.03. The fourth-order valence-corrected chi connectivity index (χ4v) is 5.46. The molecule has 1 amide bonds. The monoisotopic (exact) mass is 541 g/mol. The highest BCUT2D eigenvalue weighted by Gasteiger charge is 2.52. The third-order valence-electron chi connectivity index (χ3n) is 5.91. The molecular formula is C24H20ClF4N3O3S. The minimum absolute atomic E-state index is 0.0518. The van der Waals surface area contributed by atoms with Crippen molar-refractivity contribution in [2.24, 2.45) is 0 Å². The highest BCUT2D eigenvalue weighted by molar-refractivity contribution is 7.92. The van der Waals surface area contributed by atoms with E-state index in [0.29, 0.717) is 30.2 Å². The Labute approximate surface area is 209 Å². The molecule has 0 spiro atoms. The van der Waals surface area contributed by atoms with Gasteiger partial charge in [-0.1, -0.05) is 11.6 Å². The molecule has 2 N–H and O–H groups in total. The van der Waals surface area contributed by atoms with Gasteiger partial charge in [0.25, 0.3) is 5.91 Å². The van der Waals surface area contributed by atoms with E-state index in [-0.39, 0.29) is 17.0 Å². The van der Waals surface area contributed by atoms with Crippen LogP contribution in [0.25, 0.3) is 0 Å². The normalized spacial score (nSPS) is 16.2. The highest BCUT2D eigenvalue weighted by atomic mass is 35.5. The molecule has 1 fully saturated rings. The van der Waals surface area contributed by atoms with E-state index in [1.807, 2.05) is 0 Å². The Morgan fingerprint density at radius 3 is 2.44 bits per heavy atom. The molecule has 1 aromatic heterocycles. The maximum Gasteiger partial charge on any atom is 0.417 e. The van der Waals surface area contributed by atoms with Gasteiger partial charge in [-0.05, 0) is 67.8 Å². The number of carbonyl (C=O) groups excluding carboxylic acids is 1. The number of pyridine rings is 1. The summed E-state index contributed by atoms with van der Waals surface area (Å²) in [5.41, 5.74) is -0.579. The van der Waals surface area contributed by atoms with Gasteiger partial charge in [-0.2, -0.15) is 13.2 Å². The third-order valence-corrected chi connectivity index (χ3v) is 8.33. The van der Waals surface area contributed by atoms with Gasteiger partial charge in [0.1, 0.15) is 17.3 Å². The van der Waals surface area contributed by atoms with Gasteiger partial charge in [-0.15, -0.1) is 0 Å². The van der Waals surface area contributed by atoms with Crippen molar-refractivity contribution >= 4 is 32.9 Å². The summed E-state index contributed by atoms with van der Waals surface area (Å²) in [6, 6.07) is 7.85. The summed E-state index contributed by atoms with van der Waals surface area (Å²) in [7, 11) is -2.96. The second kappa shape index (κ2) is 9.04. The summed E-state index contributed by atoms with van der Waals surface area (Å²) >= 11 is 5.86. The number of alkyl halides is 3. The van der Waals surface area contributed by atoms with E-state index in [1.165, 1.54) is 37.6 Å². The lowest BCUT2D eigenvalue weighted by molar-refractivity contribution is -0.137. The molecule has 36 heavy (non-hydrogen) atoms. The molecule has 1 aliphatic rings. The number of carbonyl (C=O) groups is 1. The van der Waals surface area contributed by atoms with Crippen molar-refractivity contribution < 1.29 is 31.3 Å². The fraction of sp³-hybridized carbons (Fsp3) is 0.250. The molecule has 1 unspecified atom stereocenters. The van der Waals surface area contributed by atoms with Crippen molar-refractivity contribution in [1.82, 2.24) is 4.98 Å². The molecule has 2 aromatic carbocycles. The molecule has 4 rings (SSSR count). The van der Waals surface area contributed by atoms with Crippen LogP contribution in [0.2, 0.25) is 5.02 Å². The van der Waals surface area contributed by atoms with E-state index in [0.717, 1.165) is 18.2 Å². The number of rotatable bonds is 6. The molecule has 6 nitrogen and oxygen atoms in total. The molecule has 0 radical (unpaired) electrons. The van der Waals surface area contributed by atoms with Crippen LogP contribution >= 0.6 is 11.6 Å². The summed E-state index contributed by atoms with van der Waals surface area (Å²) in [5.74, 6) is -1.77. The highest BCUT2D eigenvalue weighted by Crippen LogP contribution is 2.52. The SMILES string of the molecule is Cc1cc(F)ccc1Oc1cc(C(F)(F)F)c(Cl)cc1C(=O)Nc1ccnc(C2(S(C)(=N)=O)CC2)c1. The maximum absolute atomic E-state index is 13.5. The number of ether oxygens (including phenoxy) is 1. The Kier molecular flexibility index (Phi) is 6.50. The quantitative estimate of drug-likeness (QED) is 0.332. The first-order chi connectivity index (χ1) is 16.7. The van der Waals surface area contributed by atoms with Crippen molar-refractivity contribution in [2.45, 2.75) is 30.7 Å². The summed E-state index contributed by atoms with van der Waals surface area (Å²) in [4.78, 5) is 17.4. The Hall–Kier alpha value is -3.18. The topological polar surface area (TPSA) is 92.1 Å². The van der Waals surface area contributed by atoms with Crippen LogP contribution in [-0.2, 0) is 20.7 Å². The van der Waals surface area contributed by atoms with Crippen molar-refractivity contribution in [3.63, 3.8) is 0 Å². The number of halogens is 5. The van der Waals surface area contributed by atoms with E-state index < -0.39 is 48.7 Å². The van der Waals surface area contributed by atoms with Gasteiger partial charge in [0, 0.05) is 18.1 Å². The first-order valence-electron chi connectivity index (χ1n) is 10.6. The Morgan fingerprint density at radius 1 is 1.17 bits per heavy atom. The predicted octanol–water partition coefficient (Wildman–Crippen LogP) is 6.91. The Balaban J connectivity index is 1.72. The molecule has 1 saturated carbocycles. The van der Waals surface area contributed by atoms with Crippen LogP contribution in [0, 0.1) is 17.5 Å². The molecule has 190 valence electrons. The molecule has 0 bridgehead atoms. The van der Waals surface area contributed by atoms with Crippen molar-refractivity contribution in [3.8, 4) is 11.5 Å². The summed E-state index contributed by atoms with van der Waals surface area (Å²) in [6.45, 7) is 1.50. The number of aryl methyl sites for hydroxylation is 1. The lowest BCUT2D eigenvalue weighted by atomic mass is 10.1. The zero-order valence-electron chi connectivity index (χ0n) is 19.0. The molecule has 0 aliphatic heterocycles. The smallest absolute Gasteiger partial charge is 0.417 e. The number of amides is 1. The van der Waals surface area contributed by atoms with Crippen molar-refractivity contribution in [1.29, 1.82) is 4.78 Å². The van der Waals surface area contributed by atoms with Gasteiger partial charge in [-0.25, -0.2) is 8.60 Å². The summed E-state index contributed by atoms with van der Waals surface area (Å²) in [6.07, 6.45) is -1.07. The summed E-state index contributed by atoms with van der Waals surface area (Å²) < 4.78 is 79.1. The lowest BCUT2D eigenvalue weighted by Gasteiger charge is -2.18. The largest absolute Gasteiger partial charge is 0.456 e. The molecule has 1 heterocycles. The van der Waals surface area contributed by atoms with Crippen LogP contribution in [0.4, 0.5) is 23.2 Å². The van der Waals surface area contributed by atoms with E-state index in [1.54, 1.807) is 0 Å². The first kappa shape index (κ1) is 25.9. The van der Waals surface area contributed by atoms with Crippen molar-refractivity contribution in [2.75, 3.05) is 11.6 Å². The average molecular weight is 542 g/mol. The number of benzene rings is 2. The molecule has 0 saturated heterocycles. The number of hydrogen-bond donors (Lipinski definition) is 2. The van der Waals surface area contributed by atoms with Crippen LogP contribution in [-0.4, -0.2) is 21.4 Å². The van der Waals surface area contributed by atoms with Crippen LogP contribution < -0.4 is 10.1 Å². The van der Waals surface area contributed by atoms with E-state index in [4.69, 9.17) is 21.1 Å². The van der Waals surface area contributed by atoms with E-state index >= 15 is 0 Å². The number of aromatic nitrogens is 1. The molecule has 12 heteroatoms. The first-order valence-corrected chi connectivity index (χ1v) is 12.9. The fourth-order valence-electron chi connectivity index (χ4n) is 3.79. The molecule has 3 aromatic rings. The van der Waals surface area contributed by atoms with Gasteiger partial charge in [0.15, 0.2) is 0 Å². The van der Waals surface area contributed by atoms with E-state index in [9.17, 15) is 26.6 Å². The van der Waals surface area contributed by atoms with Gasteiger partial charge >= 0.3 is 6.18 Å². The molecule has 1 atom stereocenters. The standard InChI is InChI=1S/C24H20ClF4N3O3S/c1-13-9-14(26)3-4-19(13)35-20-12-17(24(27,28)29)18(25)11-16(20)22(33)32-15-5-8-31-21(10-15)23(6-7-23)36(2,30)34/h3-5,8-12,30H,6-7H2,1-2H3,(H,31,32,33). The number of nitrogens with zero attached hydrogens (tertiary/aromatic N) is 1. The predicted molar refractivity (Wildman–Crippen MR) is 128 cm³/mol. The minimum Gasteiger partial charge on any atom is -0.456 e. The van der Waals surface area contributed by atoms with Crippen molar-refractivity contribution in [3.05, 3.63) is 81.9 Å². The average Bonchev–Trinajstić information content (AvgIpc) is 3.58. The Morgan fingerprint density at radius 2 is 1.86 bits per heavy atom. The van der Waals surface area contributed by atoms with E-state index in [2.05, 4.69) is 10.3 Å². The van der Waals surface area contributed by atoms with Gasteiger partial charge in [0.2, 0.25) is 0 Å². The van der Waals surface area contributed by atoms with Crippen LogP contribution in [0.15, 0.2) is 48.7 Å². The Bertz CT molecular complexity index is 1470.